The number of fused-ring (bicyclic) bond motifs is 9. The van der Waals surface area contributed by atoms with Crippen LogP contribution in [0.5, 0.6) is 0 Å². The Morgan fingerprint density at radius 3 is 1.92 bits per heavy atom. The SMILES string of the molecule is c1ccc(N(c2ccc3c(c2)oc2ccccc23)c2cc3ccccc3c3c2c2ccc(-c4cccc5ccccc45)cc2n3-c2ccccc2)cc1. The van der Waals surface area contributed by atoms with E-state index in [0.717, 1.165) is 50.2 Å². The Hall–Kier alpha value is -7.10. The van der Waals surface area contributed by atoms with E-state index in [1.165, 1.54) is 49.0 Å². The van der Waals surface area contributed by atoms with Crippen molar-refractivity contribution in [3.8, 4) is 16.8 Å². The van der Waals surface area contributed by atoms with E-state index in [2.05, 4.69) is 191 Å². The predicted octanol–water partition coefficient (Wildman–Crippen LogP) is 14.1. The third kappa shape index (κ3) is 4.61. The predicted molar refractivity (Wildman–Crippen MR) is 223 cm³/mol. The molecule has 0 atom stereocenters. The fraction of sp³-hybridized carbons (Fsp3) is 0. The van der Waals surface area contributed by atoms with Gasteiger partial charge < -0.3 is 13.9 Å². The second-order valence-electron chi connectivity index (χ2n) is 13.7. The monoisotopic (exact) mass is 676 g/mol. The van der Waals surface area contributed by atoms with E-state index < -0.39 is 0 Å². The second kappa shape index (κ2) is 11.7. The van der Waals surface area contributed by atoms with Crippen LogP contribution in [0.25, 0.3) is 82.1 Å². The summed E-state index contributed by atoms with van der Waals surface area (Å²) >= 11 is 0. The van der Waals surface area contributed by atoms with E-state index in [1.54, 1.807) is 0 Å². The Kier molecular flexibility index (Phi) is 6.55. The molecule has 11 aromatic rings. The summed E-state index contributed by atoms with van der Waals surface area (Å²) in [5.74, 6) is 0. The first-order valence-corrected chi connectivity index (χ1v) is 18.1. The average molecular weight is 677 g/mol. The van der Waals surface area contributed by atoms with Crippen LogP contribution < -0.4 is 4.90 Å². The number of hydrogen-bond acceptors (Lipinski definition) is 2. The summed E-state index contributed by atoms with van der Waals surface area (Å²) in [7, 11) is 0. The van der Waals surface area contributed by atoms with Gasteiger partial charge in [0.2, 0.25) is 0 Å². The maximum Gasteiger partial charge on any atom is 0.137 e. The van der Waals surface area contributed by atoms with Crippen molar-refractivity contribution in [1.82, 2.24) is 4.57 Å². The molecular weight excluding hydrogens is 645 g/mol. The highest BCUT2D eigenvalue weighted by Gasteiger charge is 2.24. The fourth-order valence-electron chi connectivity index (χ4n) is 8.38. The number of anilines is 3. The highest BCUT2D eigenvalue weighted by atomic mass is 16.3. The van der Waals surface area contributed by atoms with Crippen molar-refractivity contribution in [2.75, 3.05) is 4.90 Å². The first-order chi connectivity index (χ1) is 26.3. The van der Waals surface area contributed by atoms with Gasteiger partial charge >= 0.3 is 0 Å². The van der Waals surface area contributed by atoms with Gasteiger partial charge in [0.05, 0.1) is 16.7 Å². The summed E-state index contributed by atoms with van der Waals surface area (Å²) in [6.45, 7) is 0. The summed E-state index contributed by atoms with van der Waals surface area (Å²) in [5.41, 5.74) is 10.9. The molecule has 0 saturated heterocycles. The molecule has 3 nitrogen and oxygen atoms in total. The molecule has 53 heavy (non-hydrogen) atoms. The molecule has 0 aliphatic rings. The molecule has 0 aliphatic carbocycles. The fourth-order valence-corrected chi connectivity index (χ4v) is 8.38. The summed E-state index contributed by atoms with van der Waals surface area (Å²) in [6, 6.07) is 69.8. The average Bonchev–Trinajstić information content (AvgIpc) is 3.77. The zero-order chi connectivity index (χ0) is 34.9. The molecule has 2 aromatic heterocycles. The van der Waals surface area contributed by atoms with E-state index in [4.69, 9.17) is 4.42 Å². The molecule has 11 rings (SSSR count). The highest BCUT2D eigenvalue weighted by Crippen LogP contribution is 2.48. The standard InChI is InChI=1S/C50H32N2O/c1-3-17-36(18-4-1)51(38-27-29-43-42-23-11-12-25-47(42)53-48(43)32-38)46-31-34-15-8-10-22-41(34)50-49(46)44-28-26-35(30-45(44)52(50)37-19-5-2-6-20-37)40-24-13-16-33-14-7-9-21-39(33)40/h1-32H. The van der Waals surface area contributed by atoms with Crippen molar-refractivity contribution in [3.05, 3.63) is 194 Å². The zero-order valence-corrected chi connectivity index (χ0v) is 28.8. The number of para-hydroxylation sites is 3. The third-order valence-corrected chi connectivity index (χ3v) is 10.7. The van der Waals surface area contributed by atoms with E-state index in [9.17, 15) is 0 Å². The quantitative estimate of drug-likeness (QED) is 0.181. The van der Waals surface area contributed by atoms with Crippen LogP contribution in [0.4, 0.5) is 17.1 Å². The lowest BCUT2D eigenvalue weighted by Gasteiger charge is -2.27. The van der Waals surface area contributed by atoms with Crippen LogP contribution in [0, 0.1) is 0 Å². The van der Waals surface area contributed by atoms with Gasteiger partial charge in [0.25, 0.3) is 0 Å². The molecule has 0 unspecified atom stereocenters. The molecule has 248 valence electrons. The number of aromatic nitrogens is 1. The maximum atomic E-state index is 6.46. The van der Waals surface area contributed by atoms with Crippen molar-refractivity contribution in [2.45, 2.75) is 0 Å². The number of furan rings is 1. The van der Waals surface area contributed by atoms with Gasteiger partial charge in [-0.05, 0) is 81.9 Å². The van der Waals surface area contributed by atoms with Gasteiger partial charge in [-0.15, -0.1) is 0 Å². The molecule has 0 amide bonds. The van der Waals surface area contributed by atoms with Crippen LogP contribution in [0.1, 0.15) is 0 Å². The minimum absolute atomic E-state index is 0.869. The van der Waals surface area contributed by atoms with Crippen molar-refractivity contribution in [1.29, 1.82) is 0 Å². The number of hydrogen-bond donors (Lipinski definition) is 0. The van der Waals surface area contributed by atoms with Crippen LogP contribution in [-0.4, -0.2) is 4.57 Å². The van der Waals surface area contributed by atoms with Crippen molar-refractivity contribution < 1.29 is 4.42 Å². The van der Waals surface area contributed by atoms with Crippen LogP contribution in [0.3, 0.4) is 0 Å². The van der Waals surface area contributed by atoms with Gasteiger partial charge in [-0.25, -0.2) is 0 Å². The first-order valence-electron chi connectivity index (χ1n) is 18.1. The van der Waals surface area contributed by atoms with Gasteiger partial charge in [0, 0.05) is 50.1 Å². The summed E-state index contributed by atoms with van der Waals surface area (Å²) in [6.07, 6.45) is 0. The largest absolute Gasteiger partial charge is 0.456 e. The van der Waals surface area contributed by atoms with E-state index in [0.29, 0.717) is 0 Å². The number of nitrogens with zero attached hydrogens (tertiary/aromatic N) is 2. The normalized spacial score (nSPS) is 11.8. The Bertz CT molecular complexity index is 3170. The van der Waals surface area contributed by atoms with E-state index in [1.807, 2.05) is 12.1 Å². The Morgan fingerprint density at radius 1 is 0.415 bits per heavy atom. The smallest absolute Gasteiger partial charge is 0.137 e. The van der Waals surface area contributed by atoms with E-state index >= 15 is 0 Å². The molecule has 3 heteroatoms. The van der Waals surface area contributed by atoms with Crippen LogP contribution in [0.2, 0.25) is 0 Å². The lowest BCUT2D eigenvalue weighted by atomic mass is 9.97. The number of benzene rings is 9. The molecule has 0 radical (unpaired) electrons. The Labute approximate surface area is 306 Å². The second-order valence-corrected chi connectivity index (χ2v) is 13.7. The lowest BCUT2D eigenvalue weighted by Crippen LogP contribution is -2.10. The van der Waals surface area contributed by atoms with Crippen LogP contribution in [0.15, 0.2) is 199 Å². The molecule has 0 spiro atoms. The Morgan fingerprint density at radius 2 is 1.08 bits per heavy atom. The van der Waals surface area contributed by atoms with Gasteiger partial charge in [0.15, 0.2) is 0 Å². The van der Waals surface area contributed by atoms with Crippen molar-refractivity contribution in [3.63, 3.8) is 0 Å². The molecule has 0 aliphatic heterocycles. The lowest BCUT2D eigenvalue weighted by molar-refractivity contribution is 0.669. The maximum absolute atomic E-state index is 6.46. The van der Waals surface area contributed by atoms with Gasteiger partial charge in [-0.2, -0.15) is 0 Å². The topological polar surface area (TPSA) is 21.3 Å². The van der Waals surface area contributed by atoms with E-state index in [-0.39, 0.29) is 0 Å². The van der Waals surface area contributed by atoms with Crippen molar-refractivity contribution >= 4 is 82.4 Å². The zero-order valence-electron chi connectivity index (χ0n) is 28.8. The number of rotatable bonds is 5. The highest BCUT2D eigenvalue weighted by molar-refractivity contribution is 6.25. The summed E-state index contributed by atoms with van der Waals surface area (Å²) in [4.78, 5) is 2.40. The van der Waals surface area contributed by atoms with Crippen molar-refractivity contribution in [2.24, 2.45) is 0 Å². The molecule has 0 bridgehead atoms. The van der Waals surface area contributed by atoms with Gasteiger partial charge in [-0.3, -0.25) is 0 Å². The Balaban J connectivity index is 1.27. The molecule has 0 fully saturated rings. The van der Waals surface area contributed by atoms with Gasteiger partial charge in [-0.1, -0.05) is 133 Å². The van der Waals surface area contributed by atoms with Crippen LogP contribution in [-0.2, 0) is 0 Å². The van der Waals surface area contributed by atoms with Crippen LogP contribution >= 0.6 is 0 Å². The molecule has 0 saturated carbocycles. The summed E-state index contributed by atoms with van der Waals surface area (Å²) in [5, 5.41) is 9.50. The first kappa shape index (κ1) is 29.6. The molecule has 9 aromatic carbocycles. The van der Waals surface area contributed by atoms with Gasteiger partial charge in [0.1, 0.15) is 11.2 Å². The molecule has 0 N–H and O–H groups in total. The summed E-state index contributed by atoms with van der Waals surface area (Å²) < 4.78 is 8.93. The minimum atomic E-state index is 0.869. The molecular formula is C50H32N2O. The molecule has 2 heterocycles. The third-order valence-electron chi connectivity index (χ3n) is 10.7. The minimum Gasteiger partial charge on any atom is -0.456 e.